The lowest BCUT2D eigenvalue weighted by molar-refractivity contribution is -0.134. The highest BCUT2D eigenvalue weighted by molar-refractivity contribution is 5.77. The zero-order valence-electron chi connectivity index (χ0n) is 13.4. The zero-order chi connectivity index (χ0) is 14.5. The highest BCUT2D eigenvalue weighted by atomic mass is 16.2. The van der Waals surface area contributed by atoms with Crippen LogP contribution in [0.25, 0.3) is 0 Å². The predicted molar refractivity (Wildman–Crippen MR) is 82.7 cm³/mol. The quantitative estimate of drug-likeness (QED) is 0.855. The monoisotopic (exact) mass is 281 g/mol. The lowest BCUT2D eigenvalue weighted by Crippen LogP contribution is -2.48. The first kappa shape index (κ1) is 15.8. The highest BCUT2D eigenvalue weighted by Gasteiger charge is 2.30. The van der Waals surface area contributed by atoms with E-state index in [2.05, 4.69) is 36.0 Å². The molecule has 0 aromatic heterocycles. The number of nitrogens with zero attached hydrogens (tertiary/aromatic N) is 2. The SMILES string of the molecule is CCC1CN(C)CCCN1C(=O)CC1NCCCC1C. The molecule has 0 aliphatic carbocycles. The van der Waals surface area contributed by atoms with Crippen molar-refractivity contribution in [3.63, 3.8) is 0 Å². The summed E-state index contributed by atoms with van der Waals surface area (Å²) in [6.07, 6.45) is 5.35. The number of carbonyl (C=O) groups is 1. The van der Waals surface area contributed by atoms with Crippen molar-refractivity contribution in [2.45, 2.75) is 58.0 Å². The van der Waals surface area contributed by atoms with Crippen molar-refractivity contribution >= 4 is 5.91 Å². The number of amides is 1. The molecule has 2 rings (SSSR count). The van der Waals surface area contributed by atoms with Gasteiger partial charge in [-0.05, 0) is 51.7 Å². The van der Waals surface area contributed by atoms with Crippen molar-refractivity contribution in [1.82, 2.24) is 15.1 Å². The van der Waals surface area contributed by atoms with E-state index in [0.29, 0.717) is 30.3 Å². The number of piperidine rings is 1. The fourth-order valence-corrected chi connectivity index (χ4v) is 3.61. The molecule has 1 N–H and O–H groups in total. The molecule has 3 atom stereocenters. The molecule has 20 heavy (non-hydrogen) atoms. The molecule has 0 aromatic carbocycles. The number of carbonyl (C=O) groups excluding carboxylic acids is 1. The number of nitrogens with one attached hydrogen (secondary N) is 1. The van der Waals surface area contributed by atoms with Crippen LogP contribution < -0.4 is 5.32 Å². The minimum atomic E-state index is 0.360. The van der Waals surface area contributed by atoms with Gasteiger partial charge in [-0.25, -0.2) is 0 Å². The van der Waals surface area contributed by atoms with Gasteiger partial charge >= 0.3 is 0 Å². The van der Waals surface area contributed by atoms with E-state index in [1.165, 1.54) is 12.8 Å². The summed E-state index contributed by atoms with van der Waals surface area (Å²) in [6.45, 7) is 8.61. The maximum atomic E-state index is 12.7. The van der Waals surface area contributed by atoms with E-state index in [9.17, 15) is 4.79 Å². The number of hydrogen-bond acceptors (Lipinski definition) is 3. The predicted octanol–water partition coefficient (Wildman–Crippen LogP) is 1.71. The van der Waals surface area contributed by atoms with Gasteiger partial charge in [-0.3, -0.25) is 4.79 Å². The van der Waals surface area contributed by atoms with Gasteiger partial charge in [0.1, 0.15) is 0 Å². The normalized spacial score (nSPS) is 33.0. The van der Waals surface area contributed by atoms with Crippen molar-refractivity contribution in [1.29, 1.82) is 0 Å². The van der Waals surface area contributed by atoms with E-state index in [1.807, 2.05) is 0 Å². The van der Waals surface area contributed by atoms with E-state index in [-0.39, 0.29) is 0 Å². The van der Waals surface area contributed by atoms with E-state index >= 15 is 0 Å². The maximum Gasteiger partial charge on any atom is 0.224 e. The second kappa shape index (κ2) is 7.41. The van der Waals surface area contributed by atoms with Gasteiger partial charge in [0, 0.05) is 31.6 Å². The molecule has 4 heteroatoms. The van der Waals surface area contributed by atoms with Crippen LogP contribution in [0.2, 0.25) is 0 Å². The third-order valence-electron chi connectivity index (χ3n) is 5.02. The second-order valence-electron chi connectivity index (χ2n) is 6.65. The number of likely N-dealkylation sites (N-methyl/N-ethyl adjacent to an activating group) is 1. The molecule has 2 fully saturated rings. The van der Waals surface area contributed by atoms with Gasteiger partial charge in [0.2, 0.25) is 5.91 Å². The van der Waals surface area contributed by atoms with E-state index in [1.54, 1.807) is 0 Å². The Morgan fingerprint density at radius 3 is 2.80 bits per heavy atom. The Morgan fingerprint density at radius 2 is 2.10 bits per heavy atom. The summed E-state index contributed by atoms with van der Waals surface area (Å²) in [5, 5.41) is 3.54. The van der Waals surface area contributed by atoms with Gasteiger partial charge in [0.25, 0.3) is 0 Å². The van der Waals surface area contributed by atoms with Crippen LogP contribution in [-0.4, -0.2) is 61.0 Å². The van der Waals surface area contributed by atoms with Crippen LogP contribution in [-0.2, 0) is 4.79 Å². The van der Waals surface area contributed by atoms with Gasteiger partial charge in [-0.15, -0.1) is 0 Å². The van der Waals surface area contributed by atoms with Crippen LogP contribution in [0.3, 0.4) is 0 Å². The van der Waals surface area contributed by atoms with Crippen LogP contribution in [0.15, 0.2) is 0 Å². The molecular formula is C16H31N3O. The minimum absolute atomic E-state index is 0.360. The van der Waals surface area contributed by atoms with Crippen LogP contribution >= 0.6 is 0 Å². The molecule has 0 radical (unpaired) electrons. The van der Waals surface area contributed by atoms with Crippen molar-refractivity contribution in [2.24, 2.45) is 5.92 Å². The first-order chi connectivity index (χ1) is 9.61. The molecule has 2 aliphatic heterocycles. The van der Waals surface area contributed by atoms with Gasteiger partial charge in [-0.1, -0.05) is 13.8 Å². The molecule has 0 bridgehead atoms. The molecule has 1 amide bonds. The average molecular weight is 281 g/mol. The molecular weight excluding hydrogens is 250 g/mol. The van der Waals surface area contributed by atoms with E-state index < -0.39 is 0 Å². The first-order valence-electron chi connectivity index (χ1n) is 8.33. The standard InChI is InChI=1S/C16H31N3O/c1-4-14-12-18(3)9-6-10-19(14)16(20)11-15-13(2)7-5-8-17-15/h13-15,17H,4-12H2,1-3H3. The molecule has 2 heterocycles. The Morgan fingerprint density at radius 1 is 1.30 bits per heavy atom. The van der Waals surface area contributed by atoms with Gasteiger partial charge < -0.3 is 15.1 Å². The Balaban J connectivity index is 1.95. The molecule has 4 nitrogen and oxygen atoms in total. The molecule has 2 saturated heterocycles. The Hall–Kier alpha value is -0.610. The second-order valence-corrected chi connectivity index (χ2v) is 6.65. The topological polar surface area (TPSA) is 35.6 Å². The number of rotatable bonds is 3. The van der Waals surface area contributed by atoms with Crippen molar-refractivity contribution < 1.29 is 4.79 Å². The van der Waals surface area contributed by atoms with Gasteiger partial charge in [-0.2, -0.15) is 0 Å². The molecule has 2 aliphatic rings. The fourth-order valence-electron chi connectivity index (χ4n) is 3.61. The Labute approximate surface area is 123 Å². The third kappa shape index (κ3) is 3.95. The molecule has 116 valence electrons. The third-order valence-corrected chi connectivity index (χ3v) is 5.02. The van der Waals surface area contributed by atoms with Crippen molar-refractivity contribution in [3.05, 3.63) is 0 Å². The largest absolute Gasteiger partial charge is 0.338 e. The summed E-state index contributed by atoms with van der Waals surface area (Å²) in [7, 11) is 2.17. The average Bonchev–Trinajstić information content (AvgIpc) is 2.62. The summed E-state index contributed by atoms with van der Waals surface area (Å²) in [5.74, 6) is 0.987. The van der Waals surface area contributed by atoms with Crippen molar-refractivity contribution in [2.75, 3.05) is 33.2 Å². The molecule has 0 spiro atoms. The minimum Gasteiger partial charge on any atom is -0.338 e. The Bertz CT molecular complexity index is 321. The Kier molecular flexibility index (Phi) is 5.85. The first-order valence-corrected chi connectivity index (χ1v) is 8.33. The van der Waals surface area contributed by atoms with Crippen LogP contribution in [0.4, 0.5) is 0 Å². The van der Waals surface area contributed by atoms with E-state index in [4.69, 9.17) is 0 Å². The van der Waals surface area contributed by atoms with Crippen LogP contribution in [0.1, 0.15) is 46.0 Å². The lowest BCUT2D eigenvalue weighted by Gasteiger charge is -2.34. The summed E-state index contributed by atoms with van der Waals surface area (Å²) < 4.78 is 0. The lowest BCUT2D eigenvalue weighted by atomic mass is 9.90. The van der Waals surface area contributed by atoms with Gasteiger partial charge in [0.05, 0.1) is 0 Å². The summed E-state index contributed by atoms with van der Waals surface area (Å²) in [6, 6.07) is 0.781. The molecule has 3 unspecified atom stereocenters. The molecule has 0 aromatic rings. The van der Waals surface area contributed by atoms with Crippen LogP contribution in [0, 0.1) is 5.92 Å². The summed E-state index contributed by atoms with van der Waals surface area (Å²) in [5.41, 5.74) is 0. The van der Waals surface area contributed by atoms with Crippen LogP contribution in [0.5, 0.6) is 0 Å². The summed E-state index contributed by atoms with van der Waals surface area (Å²) in [4.78, 5) is 17.2. The zero-order valence-corrected chi connectivity index (χ0v) is 13.4. The van der Waals surface area contributed by atoms with E-state index in [0.717, 1.165) is 39.0 Å². The fraction of sp³-hybridized carbons (Fsp3) is 0.938. The van der Waals surface area contributed by atoms with Crippen molar-refractivity contribution in [3.8, 4) is 0 Å². The smallest absolute Gasteiger partial charge is 0.224 e. The van der Waals surface area contributed by atoms with Gasteiger partial charge in [0.15, 0.2) is 0 Å². The highest BCUT2D eigenvalue weighted by Crippen LogP contribution is 2.20. The molecule has 0 saturated carbocycles. The maximum absolute atomic E-state index is 12.7. The summed E-state index contributed by atoms with van der Waals surface area (Å²) >= 11 is 0. The number of hydrogen-bond donors (Lipinski definition) is 1.